The van der Waals surface area contributed by atoms with Crippen molar-refractivity contribution in [2.45, 2.75) is 27.2 Å². The monoisotopic (exact) mass is 184 g/mol. The van der Waals surface area contributed by atoms with E-state index in [1.54, 1.807) is 20.8 Å². The van der Waals surface area contributed by atoms with E-state index in [1.807, 2.05) is 0 Å². The van der Waals surface area contributed by atoms with Gasteiger partial charge < -0.3 is 4.74 Å². The van der Waals surface area contributed by atoms with Crippen molar-refractivity contribution < 1.29 is 14.3 Å². The molecule has 0 saturated carbocycles. The minimum absolute atomic E-state index is 0.166. The lowest BCUT2D eigenvalue weighted by molar-refractivity contribution is -0.146. The van der Waals surface area contributed by atoms with Crippen LogP contribution in [0.15, 0.2) is 12.7 Å². The first-order chi connectivity index (χ1) is 5.94. The van der Waals surface area contributed by atoms with Crippen molar-refractivity contribution in [2.24, 2.45) is 5.41 Å². The summed E-state index contributed by atoms with van der Waals surface area (Å²) in [6, 6.07) is 0. The number of Topliss-reactive ketones (excluding diaryl/α,β-unsaturated/α-hetero) is 1. The Hall–Kier alpha value is -1.12. The fourth-order valence-electron chi connectivity index (χ4n) is 0.685. The molecule has 3 nitrogen and oxygen atoms in total. The lowest BCUT2D eigenvalue weighted by Gasteiger charge is -2.16. The second-order valence-electron chi connectivity index (χ2n) is 3.33. The average molecular weight is 184 g/mol. The van der Waals surface area contributed by atoms with Crippen LogP contribution in [0.1, 0.15) is 27.2 Å². The zero-order chi connectivity index (χ0) is 10.5. The second kappa shape index (κ2) is 4.80. The van der Waals surface area contributed by atoms with E-state index >= 15 is 0 Å². The topological polar surface area (TPSA) is 43.4 Å². The number of hydrogen-bond donors (Lipinski definition) is 0. The van der Waals surface area contributed by atoms with Crippen molar-refractivity contribution in [2.75, 3.05) is 6.61 Å². The third kappa shape index (κ3) is 3.87. The summed E-state index contributed by atoms with van der Waals surface area (Å²) >= 11 is 0. The van der Waals surface area contributed by atoms with E-state index in [0.717, 1.165) is 0 Å². The number of ether oxygens (including phenoxy) is 1. The van der Waals surface area contributed by atoms with Crippen LogP contribution in [0.4, 0.5) is 0 Å². The van der Waals surface area contributed by atoms with Gasteiger partial charge in [0, 0.05) is 5.41 Å². The summed E-state index contributed by atoms with van der Waals surface area (Å²) in [5, 5.41) is 0. The molecule has 0 aromatic heterocycles. The molecule has 0 N–H and O–H groups in total. The average Bonchev–Trinajstić information content (AvgIpc) is 2.04. The van der Waals surface area contributed by atoms with Gasteiger partial charge in [0.2, 0.25) is 0 Å². The molecule has 0 aliphatic rings. The van der Waals surface area contributed by atoms with Gasteiger partial charge in [-0.05, 0) is 20.8 Å². The lowest BCUT2D eigenvalue weighted by Crippen LogP contribution is -2.24. The normalized spacial score (nSPS) is 10.7. The minimum Gasteiger partial charge on any atom is -0.466 e. The fraction of sp³-hybridized carbons (Fsp3) is 0.600. The van der Waals surface area contributed by atoms with Crippen molar-refractivity contribution >= 4 is 11.8 Å². The van der Waals surface area contributed by atoms with E-state index < -0.39 is 11.4 Å². The zero-order valence-electron chi connectivity index (χ0n) is 8.42. The van der Waals surface area contributed by atoms with Crippen LogP contribution in [-0.2, 0) is 14.3 Å². The molecule has 0 saturated heterocycles. The molecule has 0 fully saturated rings. The quantitative estimate of drug-likeness (QED) is 0.371. The first-order valence-electron chi connectivity index (χ1n) is 4.26. The Balaban J connectivity index is 4.15. The first kappa shape index (κ1) is 11.9. The molecule has 0 spiro atoms. The van der Waals surface area contributed by atoms with Crippen molar-refractivity contribution in [3.63, 3.8) is 0 Å². The van der Waals surface area contributed by atoms with Gasteiger partial charge in [-0.15, -0.1) is 6.58 Å². The molecule has 0 unspecified atom stereocenters. The number of rotatable bonds is 5. The molecule has 0 aromatic rings. The predicted molar refractivity (Wildman–Crippen MR) is 50.2 cm³/mol. The van der Waals surface area contributed by atoms with Crippen LogP contribution >= 0.6 is 0 Å². The molecule has 13 heavy (non-hydrogen) atoms. The fourth-order valence-corrected chi connectivity index (χ4v) is 0.685. The molecule has 74 valence electrons. The first-order valence-corrected chi connectivity index (χ1v) is 4.26. The molecule has 0 aliphatic carbocycles. The summed E-state index contributed by atoms with van der Waals surface area (Å²) in [5.41, 5.74) is -0.646. The maximum Gasteiger partial charge on any atom is 0.313 e. The van der Waals surface area contributed by atoms with Crippen LogP contribution < -0.4 is 0 Å². The van der Waals surface area contributed by atoms with Crippen LogP contribution in [0.25, 0.3) is 0 Å². The standard InChI is InChI=1S/C10H16O3/c1-5-10(3,4)8(11)7-9(12)13-6-2/h5H,1,6-7H2,2-4H3. The summed E-state index contributed by atoms with van der Waals surface area (Å²) in [5.74, 6) is -0.636. The highest BCUT2D eigenvalue weighted by molar-refractivity contribution is 5.99. The molecule has 0 radical (unpaired) electrons. The highest BCUT2D eigenvalue weighted by Crippen LogP contribution is 2.19. The largest absolute Gasteiger partial charge is 0.466 e. The molecular formula is C10H16O3. The highest BCUT2D eigenvalue weighted by atomic mass is 16.5. The smallest absolute Gasteiger partial charge is 0.313 e. The SMILES string of the molecule is C=CC(C)(C)C(=O)CC(=O)OCC. The highest BCUT2D eigenvalue weighted by Gasteiger charge is 2.25. The Bertz CT molecular complexity index is 216. The van der Waals surface area contributed by atoms with Crippen LogP contribution in [-0.4, -0.2) is 18.4 Å². The Labute approximate surface area is 78.8 Å². The van der Waals surface area contributed by atoms with Gasteiger partial charge in [-0.1, -0.05) is 6.08 Å². The van der Waals surface area contributed by atoms with E-state index in [0.29, 0.717) is 6.61 Å². The lowest BCUT2D eigenvalue weighted by atomic mass is 9.87. The number of ketones is 1. The molecule has 3 heteroatoms. The minimum atomic E-state index is -0.646. The van der Waals surface area contributed by atoms with Crippen LogP contribution in [0.3, 0.4) is 0 Å². The van der Waals surface area contributed by atoms with E-state index in [-0.39, 0.29) is 12.2 Å². The number of carbonyl (C=O) groups excluding carboxylic acids is 2. The predicted octanol–water partition coefficient (Wildman–Crippen LogP) is 1.72. The zero-order valence-corrected chi connectivity index (χ0v) is 8.42. The molecule has 0 aliphatic heterocycles. The Morgan fingerprint density at radius 1 is 1.46 bits per heavy atom. The third-order valence-corrected chi connectivity index (χ3v) is 1.84. The third-order valence-electron chi connectivity index (χ3n) is 1.84. The van der Waals surface area contributed by atoms with E-state index in [9.17, 15) is 9.59 Å². The van der Waals surface area contributed by atoms with Crippen molar-refractivity contribution in [3.05, 3.63) is 12.7 Å². The van der Waals surface area contributed by atoms with Gasteiger partial charge in [-0.25, -0.2) is 0 Å². The van der Waals surface area contributed by atoms with Gasteiger partial charge in [0.1, 0.15) is 6.42 Å². The number of hydrogen-bond acceptors (Lipinski definition) is 3. The van der Waals surface area contributed by atoms with Crippen LogP contribution in [0, 0.1) is 5.41 Å². The molecule has 0 heterocycles. The summed E-state index contributed by atoms with van der Waals surface area (Å²) in [6.07, 6.45) is 1.36. The molecule has 0 atom stereocenters. The van der Waals surface area contributed by atoms with Gasteiger partial charge in [0.15, 0.2) is 5.78 Å². The van der Waals surface area contributed by atoms with Gasteiger partial charge in [-0.2, -0.15) is 0 Å². The summed E-state index contributed by atoms with van der Waals surface area (Å²) in [4.78, 5) is 22.3. The van der Waals surface area contributed by atoms with E-state index in [2.05, 4.69) is 11.3 Å². The van der Waals surface area contributed by atoms with Gasteiger partial charge in [-0.3, -0.25) is 9.59 Å². The summed E-state index contributed by atoms with van der Waals surface area (Å²) in [7, 11) is 0. The van der Waals surface area contributed by atoms with Crippen molar-refractivity contribution in [1.82, 2.24) is 0 Å². The molecular weight excluding hydrogens is 168 g/mol. The molecule has 0 rings (SSSR count). The van der Waals surface area contributed by atoms with Gasteiger partial charge in [0.05, 0.1) is 6.61 Å². The number of esters is 1. The molecule has 0 amide bonds. The van der Waals surface area contributed by atoms with E-state index in [1.165, 1.54) is 6.08 Å². The van der Waals surface area contributed by atoms with Crippen LogP contribution in [0.2, 0.25) is 0 Å². The molecule has 0 aromatic carbocycles. The Morgan fingerprint density at radius 2 is 2.00 bits per heavy atom. The Morgan fingerprint density at radius 3 is 2.38 bits per heavy atom. The van der Waals surface area contributed by atoms with Crippen molar-refractivity contribution in [1.29, 1.82) is 0 Å². The van der Waals surface area contributed by atoms with Crippen molar-refractivity contribution in [3.8, 4) is 0 Å². The molecule has 0 bridgehead atoms. The van der Waals surface area contributed by atoms with E-state index in [4.69, 9.17) is 0 Å². The second-order valence-corrected chi connectivity index (χ2v) is 3.33. The maximum absolute atomic E-state index is 11.4. The number of allylic oxidation sites excluding steroid dienone is 1. The summed E-state index contributed by atoms with van der Waals surface area (Å²) in [6.45, 7) is 9.00. The van der Waals surface area contributed by atoms with Crippen LogP contribution in [0.5, 0.6) is 0 Å². The summed E-state index contributed by atoms with van der Waals surface area (Å²) < 4.78 is 4.66. The Kier molecular flexibility index (Phi) is 4.38. The number of carbonyl (C=O) groups is 2. The maximum atomic E-state index is 11.4. The van der Waals surface area contributed by atoms with Gasteiger partial charge in [0.25, 0.3) is 0 Å². The van der Waals surface area contributed by atoms with Gasteiger partial charge >= 0.3 is 5.97 Å².